The van der Waals surface area contributed by atoms with E-state index in [0.29, 0.717) is 12.2 Å². The molecule has 0 aliphatic carbocycles. The van der Waals surface area contributed by atoms with E-state index in [-0.39, 0.29) is 22.7 Å². The molecule has 0 fully saturated rings. The minimum Gasteiger partial charge on any atom is -0.379 e. The summed E-state index contributed by atoms with van der Waals surface area (Å²) in [5, 5.41) is 3.22. The monoisotopic (exact) mass is 282 g/mol. The Hall–Kier alpha value is -2.96. The van der Waals surface area contributed by atoms with Gasteiger partial charge in [0, 0.05) is 5.69 Å². The third-order valence-corrected chi connectivity index (χ3v) is 3.01. The van der Waals surface area contributed by atoms with Crippen LogP contribution in [0.3, 0.4) is 0 Å². The molecule has 21 heavy (non-hydrogen) atoms. The Kier molecular flexibility index (Phi) is 3.23. The van der Waals surface area contributed by atoms with Crippen molar-refractivity contribution < 1.29 is 0 Å². The molecule has 0 amide bonds. The number of hydrogen-bond acceptors (Lipinski definition) is 6. The van der Waals surface area contributed by atoms with Gasteiger partial charge in [-0.25, -0.2) is 9.97 Å². The number of nitrogen functional groups attached to an aromatic ring is 1. The highest BCUT2D eigenvalue weighted by Gasteiger charge is 2.06. The lowest BCUT2D eigenvalue weighted by Gasteiger charge is -2.06. The number of nitrogens with one attached hydrogen (secondary N) is 2. The Balaban J connectivity index is 1.84. The molecule has 4 N–H and O–H groups in total. The molecular formula is C14H14N6O. The van der Waals surface area contributed by atoms with Crippen molar-refractivity contribution in [2.45, 2.75) is 13.5 Å². The van der Waals surface area contributed by atoms with Crippen molar-refractivity contribution in [2.24, 2.45) is 0 Å². The van der Waals surface area contributed by atoms with Crippen LogP contribution in [0.15, 0.2) is 35.3 Å². The van der Waals surface area contributed by atoms with Gasteiger partial charge < -0.3 is 11.1 Å². The predicted molar refractivity (Wildman–Crippen MR) is 80.9 cm³/mol. The molecule has 0 unspecified atom stereocenters. The van der Waals surface area contributed by atoms with Crippen LogP contribution in [0.25, 0.3) is 11.2 Å². The molecule has 0 saturated carbocycles. The summed E-state index contributed by atoms with van der Waals surface area (Å²) in [6, 6.07) is 8.01. The SMILES string of the molecule is Cc1ccc(NCc2cnc3nc(N)[nH]c(=O)c3n2)cc1. The highest BCUT2D eigenvalue weighted by molar-refractivity contribution is 5.69. The summed E-state index contributed by atoms with van der Waals surface area (Å²) in [5.74, 6) is 0.0346. The van der Waals surface area contributed by atoms with Gasteiger partial charge in [-0.2, -0.15) is 4.98 Å². The second kappa shape index (κ2) is 5.20. The highest BCUT2D eigenvalue weighted by Crippen LogP contribution is 2.10. The van der Waals surface area contributed by atoms with E-state index < -0.39 is 0 Å². The zero-order chi connectivity index (χ0) is 14.8. The van der Waals surface area contributed by atoms with Gasteiger partial charge in [0.2, 0.25) is 5.95 Å². The fraction of sp³-hybridized carbons (Fsp3) is 0.143. The molecule has 2 heterocycles. The fourth-order valence-electron chi connectivity index (χ4n) is 1.92. The van der Waals surface area contributed by atoms with Crippen molar-refractivity contribution in [1.29, 1.82) is 0 Å². The minimum absolute atomic E-state index is 0.0346. The maximum atomic E-state index is 11.8. The van der Waals surface area contributed by atoms with E-state index >= 15 is 0 Å². The maximum Gasteiger partial charge on any atom is 0.280 e. The first-order valence-electron chi connectivity index (χ1n) is 6.44. The van der Waals surface area contributed by atoms with Gasteiger partial charge in [0.15, 0.2) is 11.2 Å². The standard InChI is InChI=1S/C14H14N6O/c1-8-2-4-9(5-3-8)16-6-10-7-17-12-11(18-10)13(21)20-14(15)19-12/h2-5,7,16H,6H2,1H3,(H3,15,17,19,20,21). The molecule has 0 atom stereocenters. The molecule has 0 aliphatic heterocycles. The summed E-state index contributed by atoms with van der Waals surface area (Å²) in [7, 11) is 0. The van der Waals surface area contributed by atoms with Crippen molar-refractivity contribution in [2.75, 3.05) is 11.1 Å². The molecule has 1 aromatic carbocycles. The largest absolute Gasteiger partial charge is 0.379 e. The zero-order valence-corrected chi connectivity index (χ0v) is 11.4. The van der Waals surface area contributed by atoms with Crippen molar-refractivity contribution in [3.8, 4) is 0 Å². The molecule has 3 rings (SSSR count). The first-order valence-corrected chi connectivity index (χ1v) is 6.44. The van der Waals surface area contributed by atoms with Crippen LogP contribution in [0.1, 0.15) is 11.3 Å². The van der Waals surface area contributed by atoms with Crippen LogP contribution in [-0.4, -0.2) is 19.9 Å². The van der Waals surface area contributed by atoms with Gasteiger partial charge in [-0.05, 0) is 19.1 Å². The zero-order valence-electron chi connectivity index (χ0n) is 11.4. The Morgan fingerprint density at radius 1 is 1.24 bits per heavy atom. The van der Waals surface area contributed by atoms with Crippen molar-refractivity contribution in [1.82, 2.24) is 19.9 Å². The molecule has 2 aromatic heterocycles. The van der Waals surface area contributed by atoms with Crippen molar-refractivity contribution in [3.05, 3.63) is 52.1 Å². The minimum atomic E-state index is -0.387. The van der Waals surface area contributed by atoms with E-state index in [1.807, 2.05) is 31.2 Å². The molecule has 0 spiro atoms. The predicted octanol–water partition coefficient (Wildman–Crippen LogP) is 1.22. The lowest BCUT2D eigenvalue weighted by Crippen LogP contribution is -2.15. The van der Waals surface area contributed by atoms with Crippen LogP contribution in [0, 0.1) is 6.92 Å². The number of benzene rings is 1. The molecule has 3 aromatic rings. The highest BCUT2D eigenvalue weighted by atomic mass is 16.1. The quantitative estimate of drug-likeness (QED) is 0.666. The Labute approximate surface area is 120 Å². The maximum absolute atomic E-state index is 11.8. The second-order valence-electron chi connectivity index (χ2n) is 4.70. The normalized spacial score (nSPS) is 10.7. The molecular weight excluding hydrogens is 268 g/mol. The number of H-pyrrole nitrogens is 1. The lowest BCUT2D eigenvalue weighted by molar-refractivity contribution is 1.02. The molecule has 0 aliphatic rings. The number of rotatable bonds is 3. The molecule has 7 nitrogen and oxygen atoms in total. The van der Waals surface area contributed by atoms with E-state index in [4.69, 9.17) is 5.73 Å². The summed E-state index contributed by atoms with van der Waals surface area (Å²) < 4.78 is 0. The Morgan fingerprint density at radius 2 is 2.00 bits per heavy atom. The van der Waals surface area contributed by atoms with Crippen LogP contribution >= 0.6 is 0 Å². The first-order chi connectivity index (χ1) is 10.1. The van der Waals surface area contributed by atoms with Crippen molar-refractivity contribution >= 4 is 22.8 Å². The van der Waals surface area contributed by atoms with Crippen LogP contribution < -0.4 is 16.6 Å². The number of fused-ring (bicyclic) bond motifs is 1. The molecule has 0 saturated heterocycles. The second-order valence-corrected chi connectivity index (χ2v) is 4.70. The van der Waals surface area contributed by atoms with Gasteiger partial charge >= 0.3 is 0 Å². The first kappa shape index (κ1) is 13.0. The van der Waals surface area contributed by atoms with Gasteiger partial charge in [0.1, 0.15) is 0 Å². The Bertz CT molecular complexity index is 840. The number of aromatic amines is 1. The Morgan fingerprint density at radius 3 is 2.76 bits per heavy atom. The molecule has 0 radical (unpaired) electrons. The van der Waals surface area contributed by atoms with E-state index in [0.717, 1.165) is 5.69 Å². The summed E-state index contributed by atoms with van der Waals surface area (Å²) in [5.41, 5.74) is 8.34. The van der Waals surface area contributed by atoms with Crippen molar-refractivity contribution in [3.63, 3.8) is 0 Å². The van der Waals surface area contributed by atoms with E-state index in [1.165, 1.54) is 5.56 Å². The third kappa shape index (κ3) is 2.81. The van der Waals surface area contributed by atoms with E-state index in [9.17, 15) is 4.79 Å². The van der Waals surface area contributed by atoms with Gasteiger partial charge in [-0.3, -0.25) is 9.78 Å². The number of aryl methyl sites for hydroxylation is 1. The average molecular weight is 282 g/mol. The van der Waals surface area contributed by atoms with Crippen LogP contribution in [0.2, 0.25) is 0 Å². The number of aromatic nitrogens is 4. The fourth-order valence-corrected chi connectivity index (χ4v) is 1.92. The molecule has 7 heteroatoms. The van der Waals surface area contributed by atoms with E-state index in [1.54, 1.807) is 6.20 Å². The van der Waals surface area contributed by atoms with Gasteiger partial charge in [0.25, 0.3) is 5.56 Å². The summed E-state index contributed by atoms with van der Waals surface area (Å²) in [6.07, 6.45) is 1.58. The third-order valence-electron chi connectivity index (χ3n) is 3.01. The van der Waals surface area contributed by atoms with E-state index in [2.05, 4.69) is 25.3 Å². The number of hydrogen-bond donors (Lipinski definition) is 3. The summed E-state index contributed by atoms with van der Waals surface area (Å²) in [4.78, 5) is 26.5. The average Bonchev–Trinajstić information content (AvgIpc) is 2.47. The van der Waals surface area contributed by atoms with Gasteiger partial charge in [0.05, 0.1) is 18.4 Å². The number of nitrogens with two attached hydrogens (primary N) is 1. The van der Waals surface area contributed by atoms with Gasteiger partial charge in [-0.15, -0.1) is 0 Å². The summed E-state index contributed by atoms with van der Waals surface area (Å²) in [6.45, 7) is 2.50. The van der Waals surface area contributed by atoms with Crippen LogP contribution in [-0.2, 0) is 6.54 Å². The lowest BCUT2D eigenvalue weighted by atomic mass is 10.2. The van der Waals surface area contributed by atoms with Crippen LogP contribution in [0.4, 0.5) is 11.6 Å². The molecule has 106 valence electrons. The number of anilines is 2. The molecule has 0 bridgehead atoms. The number of nitrogens with zero attached hydrogens (tertiary/aromatic N) is 3. The summed E-state index contributed by atoms with van der Waals surface area (Å²) >= 11 is 0. The topological polar surface area (TPSA) is 110 Å². The smallest absolute Gasteiger partial charge is 0.280 e. The van der Waals surface area contributed by atoms with Crippen LogP contribution in [0.5, 0.6) is 0 Å². The van der Waals surface area contributed by atoms with Gasteiger partial charge in [-0.1, -0.05) is 17.7 Å².